The molecule has 0 spiro atoms. The molecule has 4 aromatic rings. The third-order valence-electron chi connectivity index (χ3n) is 5.62. The summed E-state index contributed by atoms with van der Waals surface area (Å²) in [6.07, 6.45) is 2.48. The van der Waals surface area contributed by atoms with Gasteiger partial charge in [-0.25, -0.2) is 4.79 Å². The molecule has 0 aliphatic heterocycles. The van der Waals surface area contributed by atoms with E-state index in [-0.39, 0.29) is 6.61 Å². The molecule has 1 heterocycles. The summed E-state index contributed by atoms with van der Waals surface area (Å²) in [6.45, 7) is 2.75. The molecule has 6 heteroatoms. The SMILES string of the molecule is Cc1ccc(-n2c(OCCCCCOCC(=O)O)nc(-c3ccccc3)c2-c2ccccc2)cc1. The number of ether oxygens (including phenoxy) is 2. The van der Waals surface area contributed by atoms with Crippen molar-refractivity contribution < 1.29 is 19.4 Å². The first kappa shape index (κ1) is 24.2. The van der Waals surface area contributed by atoms with Gasteiger partial charge in [-0.2, -0.15) is 4.98 Å². The number of unbranched alkanes of at least 4 members (excludes halogenated alkanes) is 2. The number of aryl methyl sites for hydroxylation is 1. The van der Waals surface area contributed by atoms with E-state index in [1.165, 1.54) is 5.56 Å². The molecule has 0 unspecified atom stereocenters. The van der Waals surface area contributed by atoms with Gasteiger partial charge >= 0.3 is 12.0 Å². The lowest BCUT2D eigenvalue weighted by molar-refractivity contribution is -0.142. The van der Waals surface area contributed by atoms with Crippen molar-refractivity contribution in [2.45, 2.75) is 26.2 Å². The molecular formula is C29H30N2O4. The molecule has 4 rings (SSSR count). The van der Waals surface area contributed by atoms with Gasteiger partial charge in [0.25, 0.3) is 0 Å². The average Bonchev–Trinajstić information content (AvgIpc) is 3.26. The zero-order valence-electron chi connectivity index (χ0n) is 19.9. The standard InChI is InChI=1S/C29H30N2O4/c1-22-15-17-25(18-16-22)31-28(24-13-7-3-8-14-24)27(23-11-5-2-6-12-23)30-29(31)35-20-10-4-9-19-34-21-26(32)33/h2-3,5-8,11-18H,4,9-10,19-21H2,1H3,(H,32,33). The first-order valence-electron chi connectivity index (χ1n) is 11.9. The van der Waals surface area contributed by atoms with E-state index in [1.54, 1.807) is 0 Å². The number of carbonyl (C=O) groups is 1. The number of rotatable bonds is 12. The van der Waals surface area contributed by atoms with Gasteiger partial charge in [-0.1, -0.05) is 78.4 Å². The van der Waals surface area contributed by atoms with E-state index < -0.39 is 5.97 Å². The molecule has 0 atom stereocenters. The van der Waals surface area contributed by atoms with E-state index in [1.807, 2.05) is 36.4 Å². The minimum Gasteiger partial charge on any atom is -0.480 e. The largest absolute Gasteiger partial charge is 0.480 e. The van der Waals surface area contributed by atoms with E-state index >= 15 is 0 Å². The van der Waals surface area contributed by atoms with Crippen molar-refractivity contribution in [1.82, 2.24) is 9.55 Å². The van der Waals surface area contributed by atoms with Gasteiger partial charge in [-0.15, -0.1) is 0 Å². The topological polar surface area (TPSA) is 73.6 Å². The minimum absolute atomic E-state index is 0.255. The zero-order valence-corrected chi connectivity index (χ0v) is 19.9. The predicted molar refractivity (Wildman–Crippen MR) is 137 cm³/mol. The summed E-state index contributed by atoms with van der Waals surface area (Å²) in [5, 5.41) is 8.65. The Kier molecular flexibility index (Phi) is 8.30. The summed E-state index contributed by atoms with van der Waals surface area (Å²) in [5.74, 6) is -0.945. The number of aliphatic carboxylic acids is 1. The highest BCUT2D eigenvalue weighted by atomic mass is 16.5. The summed E-state index contributed by atoms with van der Waals surface area (Å²) in [4.78, 5) is 15.5. The predicted octanol–water partition coefficient (Wildman–Crippen LogP) is 6.17. The molecule has 0 saturated heterocycles. The molecule has 6 nitrogen and oxygen atoms in total. The number of hydrogen-bond donors (Lipinski definition) is 1. The molecule has 0 saturated carbocycles. The van der Waals surface area contributed by atoms with Crippen molar-refractivity contribution >= 4 is 5.97 Å². The molecule has 180 valence electrons. The Hall–Kier alpha value is -3.90. The van der Waals surface area contributed by atoms with E-state index in [0.29, 0.717) is 19.2 Å². The van der Waals surface area contributed by atoms with Crippen LogP contribution in [0.25, 0.3) is 28.2 Å². The Morgan fingerprint density at radius 2 is 1.46 bits per heavy atom. The van der Waals surface area contributed by atoms with Crippen molar-refractivity contribution in [3.05, 3.63) is 90.5 Å². The first-order chi connectivity index (χ1) is 17.1. The highest BCUT2D eigenvalue weighted by molar-refractivity contribution is 5.81. The van der Waals surface area contributed by atoms with Gasteiger partial charge in [-0.05, 0) is 38.3 Å². The fourth-order valence-corrected chi connectivity index (χ4v) is 3.90. The molecule has 0 fully saturated rings. The van der Waals surface area contributed by atoms with Crippen molar-refractivity contribution in [2.24, 2.45) is 0 Å². The van der Waals surface area contributed by atoms with E-state index in [0.717, 1.165) is 47.5 Å². The molecule has 0 bridgehead atoms. The fraction of sp³-hybridized carbons (Fsp3) is 0.241. The number of nitrogens with zero attached hydrogens (tertiary/aromatic N) is 2. The van der Waals surface area contributed by atoms with E-state index in [4.69, 9.17) is 19.6 Å². The van der Waals surface area contributed by atoms with Crippen molar-refractivity contribution in [3.63, 3.8) is 0 Å². The second-order valence-electron chi connectivity index (χ2n) is 8.35. The van der Waals surface area contributed by atoms with Crippen LogP contribution in [0.2, 0.25) is 0 Å². The zero-order chi connectivity index (χ0) is 24.5. The van der Waals surface area contributed by atoms with Crippen LogP contribution >= 0.6 is 0 Å². The van der Waals surface area contributed by atoms with Crippen LogP contribution in [0.4, 0.5) is 0 Å². The molecule has 0 amide bonds. The third kappa shape index (κ3) is 6.37. The van der Waals surface area contributed by atoms with Gasteiger partial charge in [0.1, 0.15) is 12.3 Å². The van der Waals surface area contributed by atoms with Crippen LogP contribution in [0.1, 0.15) is 24.8 Å². The molecule has 35 heavy (non-hydrogen) atoms. The number of benzene rings is 3. The van der Waals surface area contributed by atoms with Crippen molar-refractivity contribution in [2.75, 3.05) is 19.8 Å². The first-order valence-corrected chi connectivity index (χ1v) is 11.9. The number of imidazole rings is 1. The van der Waals surface area contributed by atoms with Gasteiger partial charge in [0.05, 0.1) is 18.0 Å². The summed E-state index contributed by atoms with van der Waals surface area (Å²) in [6, 6.07) is 29.3. The van der Waals surface area contributed by atoms with Crippen LogP contribution in [0.3, 0.4) is 0 Å². The van der Waals surface area contributed by atoms with Crippen LogP contribution in [-0.2, 0) is 9.53 Å². The van der Waals surface area contributed by atoms with Crippen molar-refractivity contribution in [3.8, 4) is 34.2 Å². The van der Waals surface area contributed by atoms with Crippen LogP contribution in [0, 0.1) is 6.92 Å². The second kappa shape index (κ2) is 12.0. The monoisotopic (exact) mass is 470 g/mol. The van der Waals surface area contributed by atoms with Gasteiger partial charge in [0.15, 0.2) is 0 Å². The molecule has 0 aliphatic rings. The van der Waals surface area contributed by atoms with Crippen LogP contribution < -0.4 is 4.74 Å². The number of carboxylic acids is 1. The fourth-order valence-electron chi connectivity index (χ4n) is 3.90. The normalized spacial score (nSPS) is 10.9. The summed E-state index contributed by atoms with van der Waals surface area (Å²) in [5.41, 5.74) is 6.11. The molecular weight excluding hydrogens is 440 g/mol. The smallest absolute Gasteiger partial charge is 0.329 e. The summed E-state index contributed by atoms with van der Waals surface area (Å²) >= 11 is 0. The van der Waals surface area contributed by atoms with Gasteiger partial charge in [0.2, 0.25) is 0 Å². The molecule has 1 N–H and O–H groups in total. The van der Waals surface area contributed by atoms with Crippen LogP contribution in [0.5, 0.6) is 6.01 Å². The lowest BCUT2D eigenvalue weighted by atomic mass is 10.0. The molecule has 1 aromatic heterocycles. The maximum Gasteiger partial charge on any atom is 0.329 e. The Balaban J connectivity index is 1.63. The Morgan fingerprint density at radius 3 is 2.11 bits per heavy atom. The highest BCUT2D eigenvalue weighted by Gasteiger charge is 2.22. The van der Waals surface area contributed by atoms with Gasteiger partial charge in [0, 0.05) is 17.7 Å². The quantitative estimate of drug-likeness (QED) is 0.251. The van der Waals surface area contributed by atoms with Crippen molar-refractivity contribution in [1.29, 1.82) is 0 Å². The summed E-state index contributed by atoms with van der Waals surface area (Å²) < 4.78 is 13.4. The molecule has 3 aromatic carbocycles. The third-order valence-corrected chi connectivity index (χ3v) is 5.62. The molecule has 0 aliphatic carbocycles. The highest BCUT2D eigenvalue weighted by Crippen LogP contribution is 2.37. The lowest BCUT2D eigenvalue weighted by Crippen LogP contribution is -2.08. The maximum atomic E-state index is 10.5. The number of aromatic nitrogens is 2. The van der Waals surface area contributed by atoms with E-state index in [2.05, 4.69) is 60.0 Å². The maximum absolute atomic E-state index is 10.5. The Labute approximate surface area is 205 Å². The van der Waals surface area contributed by atoms with Gasteiger partial charge in [-0.3, -0.25) is 4.57 Å². The number of carboxylic acid groups (broad SMARTS) is 1. The molecule has 0 radical (unpaired) electrons. The van der Waals surface area contributed by atoms with Crippen LogP contribution in [0.15, 0.2) is 84.9 Å². The Bertz CT molecular complexity index is 1220. The average molecular weight is 471 g/mol. The second-order valence-corrected chi connectivity index (χ2v) is 8.35. The van der Waals surface area contributed by atoms with E-state index in [9.17, 15) is 4.79 Å². The lowest BCUT2D eigenvalue weighted by Gasteiger charge is -2.14. The minimum atomic E-state index is -0.945. The van der Waals surface area contributed by atoms with Crippen LogP contribution in [-0.4, -0.2) is 40.4 Å². The number of hydrogen-bond acceptors (Lipinski definition) is 4. The van der Waals surface area contributed by atoms with Gasteiger partial charge < -0.3 is 14.6 Å². The summed E-state index contributed by atoms with van der Waals surface area (Å²) in [7, 11) is 0. The Morgan fingerprint density at radius 1 is 0.829 bits per heavy atom.